The molecule has 2 N–H and O–H groups in total. The fourth-order valence-electron chi connectivity index (χ4n) is 2.84. The van der Waals surface area contributed by atoms with Crippen LogP contribution in [-0.4, -0.2) is 56.0 Å². The lowest BCUT2D eigenvalue weighted by atomic mass is 9.98. The van der Waals surface area contributed by atoms with Gasteiger partial charge in [-0.05, 0) is 52.9 Å². The summed E-state index contributed by atoms with van der Waals surface area (Å²) in [7, 11) is 1.31. The molecule has 0 aliphatic heterocycles. The van der Waals surface area contributed by atoms with Crippen molar-refractivity contribution in [3.63, 3.8) is 0 Å². The largest absolute Gasteiger partial charge is 0.468 e. The molecule has 0 aromatic heterocycles. The van der Waals surface area contributed by atoms with E-state index in [2.05, 4.69) is 15.4 Å². The number of nitrogens with one attached hydrogen (secondary N) is 2. The number of carbonyl (C=O) groups excluding carboxylic acids is 3. The van der Waals surface area contributed by atoms with E-state index in [4.69, 9.17) is 9.47 Å². The first-order valence-electron chi connectivity index (χ1n) is 9.66. The number of amides is 1. The van der Waals surface area contributed by atoms with Gasteiger partial charge in [0.1, 0.15) is 11.7 Å². The summed E-state index contributed by atoms with van der Waals surface area (Å²) in [5, 5.41) is 5.65. The zero-order valence-corrected chi connectivity index (χ0v) is 17.0. The molecule has 1 aliphatic rings. The van der Waals surface area contributed by atoms with Crippen LogP contribution in [0, 0.1) is 0 Å². The molecule has 1 unspecified atom stereocenters. The predicted molar refractivity (Wildman–Crippen MR) is 100 cm³/mol. The number of alkyl carbamates (subject to hydrolysis) is 1. The van der Waals surface area contributed by atoms with Gasteiger partial charge in [0.05, 0.1) is 13.7 Å². The van der Waals surface area contributed by atoms with Crippen molar-refractivity contribution < 1.29 is 28.6 Å². The molecule has 156 valence electrons. The Morgan fingerprint density at radius 1 is 1.07 bits per heavy atom. The first kappa shape index (κ1) is 23.2. The second-order valence-corrected chi connectivity index (χ2v) is 7.84. The molecule has 0 aromatic carbocycles. The van der Waals surface area contributed by atoms with Crippen molar-refractivity contribution in [2.75, 3.05) is 20.2 Å². The Bertz CT molecular complexity index is 483. The number of ether oxygens (including phenoxy) is 3. The van der Waals surface area contributed by atoms with Crippen LogP contribution in [0.5, 0.6) is 0 Å². The molecular formula is C19H34N2O6. The number of hydrogen-bond donors (Lipinski definition) is 2. The van der Waals surface area contributed by atoms with E-state index < -0.39 is 17.7 Å². The summed E-state index contributed by atoms with van der Waals surface area (Å²) in [4.78, 5) is 35.3. The normalized spacial score (nSPS) is 16.3. The van der Waals surface area contributed by atoms with Crippen molar-refractivity contribution in [3.05, 3.63) is 0 Å². The van der Waals surface area contributed by atoms with Crippen LogP contribution in [-0.2, 0) is 23.8 Å². The fourth-order valence-corrected chi connectivity index (χ4v) is 2.84. The van der Waals surface area contributed by atoms with Gasteiger partial charge in [0.2, 0.25) is 0 Å². The van der Waals surface area contributed by atoms with E-state index in [0.29, 0.717) is 13.0 Å². The van der Waals surface area contributed by atoms with Gasteiger partial charge in [-0.15, -0.1) is 0 Å². The van der Waals surface area contributed by atoms with E-state index in [1.54, 1.807) is 20.8 Å². The smallest absolute Gasteiger partial charge is 0.407 e. The van der Waals surface area contributed by atoms with E-state index in [-0.39, 0.29) is 31.1 Å². The van der Waals surface area contributed by atoms with Crippen LogP contribution in [0.25, 0.3) is 0 Å². The van der Waals surface area contributed by atoms with Crippen LogP contribution in [0.3, 0.4) is 0 Å². The molecule has 0 saturated heterocycles. The fraction of sp³-hybridized carbons (Fsp3) is 0.842. The average Bonchev–Trinajstić information content (AvgIpc) is 2.58. The van der Waals surface area contributed by atoms with Gasteiger partial charge in [-0.25, -0.2) is 4.79 Å². The summed E-state index contributed by atoms with van der Waals surface area (Å²) < 4.78 is 15.3. The van der Waals surface area contributed by atoms with Crippen molar-refractivity contribution in [2.24, 2.45) is 0 Å². The summed E-state index contributed by atoms with van der Waals surface area (Å²) in [6.45, 7) is 5.66. The second-order valence-electron chi connectivity index (χ2n) is 7.84. The van der Waals surface area contributed by atoms with Crippen molar-refractivity contribution in [3.8, 4) is 0 Å². The Kier molecular flexibility index (Phi) is 10.1. The van der Waals surface area contributed by atoms with Gasteiger partial charge in [0, 0.05) is 19.0 Å². The average molecular weight is 386 g/mol. The van der Waals surface area contributed by atoms with Crippen molar-refractivity contribution >= 4 is 18.0 Å². The highest BCUT2D eigenvalue weighted by Gasteiger charge is 2.22. The van der Waals surface area contributed by atoms with Crippen molar-refractivity contribution in [1.82, 2.24) is 10.6 Å². The molecule has 0 aromatic rings. The maximum atomic E-state index is 12.1. The van der Waals surface area contributed by atoms with Gasteiger partial charge in [-0.2, -0.15) is 0 Å². The molecule has 0 spiro atoms. The van der Waals surface area contributed by atoms with E-state index in [9.17, 15) is 14.4 Å². The van der Waals surface area contributed by atoms with E-state index in [1.807, 2.05) is 0 Å². The lowest BCUT2D eigenvalue weighted by molar-refractivity contribution is -0.150. The molecule has 1 atom stereocenters. The molecule has 27 heavy (non-hydrogen) atoms. The van der Waals surface area contributed by atoms with Crippen LogP contribution in [0.1, 0.15) is 65.7 Å². The Morgan fingerprint density at radius 2 is 1.74 bits per heavy atom. The third kappa shape index (κ3) is 11.5. The number of methoxy groups -OCH3 is 1. The highest BCUT2D eigenvalue weighted by molar-refractivity contribution is 5.71. The molecule has 8 nitrogen and oxygen atoms in total. The molecule has 0 heterocycles. The molecule has 0 radical (unpaired) electrons. The number of rotatable bonds is 9. The third-order valence-electron chi connectivity index (χ3n) is 4.16. The van der Waals surface area contributed by atoms with E-state index >= 15 is 0 Å². The molecule has 1 saturated carbocycles. The number of hydrogen-bond acceptors (Lipinski definition) is 7. The summed E-state index contributed by atoms with van der Waals surface area (Å²) in [6.07, 6.45) is 5.26. The van der Waals surface area contributed by atoms with Gasteiger partial charge >= 0.3 is 18.0 Å². The standard InChI is InChI=1S/C19H34N2O6/c1-19(2,3)27-18(24)21-14(12-20-13-17(23)25-4)10-11-16(22)26-15-8-6-5-7-9-15/h14-15,20H,5-13H2,1-4H3,(H,21,24). The highest BCUT2D eigenvalue weighted by Crippen LogP contribution is 2.21. The lowest BCUT2D eigenvalue weighted by Gasteiger charge is -2.24. The molecule has 1 aliphatic carbocycles. The highest BCUT2D eigenvalue weighted by atomic mass is 16.6. The Labute approximate surface area is 161 Å². The van der Waals surface area contributed by atoms with Crippen molar-refractivity contribution in [1.29, 1.82) is 0 Å². The summed E-state index contributed by atoms with van der Waals surface area (Å²) in [6, 6.07) is -0.372. The quantitative estimate of drug-likeness (QED) is 0.463. The summed E-state index contributed by atoms with van der Waals surface area (Å²) in [5.74, 6) is -0.659. The van der Waals surface area contributed by atoms with Crippen LogP contribution < -0.4 is 10.6 Å². The zero-order valence-electron chi connectivity index (χ0n) is 17.0. The molecule has 0 bridgehead atoms. The van der Waals surface area contributed by atoms with Gasteiger partial charge in [-0.3, -0.25) is 9.59 Å². The maximum Gasteiger partial charge on any atom is 0.407 e. The molecule has 8 heteroatoms. The lowest BCUT2D eigenvalue weighted by Crippen LogP contribution is -2.45. The summed E-state index contributed by atoms with van der Waals surface area (Å²) >= 11 is 0. The second kappa shape index (κ2) is 11.8. The maximum absolute atomic E-state index is 12.1. The summed E-state index contributed by atoms with van der Waals surface area (Å²) in [5.41, 5.74) is -0.617. The first-order valence-corrected chi connectivity index (χ1v) is 9.66. The SMILES string of the molecule is COC(=O)CNCC(CCC(=O)OC1CCCCC1)NC(=O)OC(C)(C)C. The van der Waals surface area contributed by atoms with Crippen LogP contribution in [0.2, 0.25) is 0 Å². The van der Waals surface area contributed by atoms with Crippen molar-refractivity contribution in [2.45, 2.75) is 83.5 Å². The van der Waals surface area contributed by atoms with Crippen LogP contribution in [0.4, 0.5) is 4.79 Å². The molecule has 1 amide bonds. The number of carbonyl (C=O) groups is 3. The molecular weight excluding hydrogens is 352 g/mol. The minimum Gasteiger partial charge on any atom is -0.468 e. The Morgan fingerprint density at radius 3 is 2.33 bits per heavy atom. The van der Waals surface area contributed by atoms with Gasteiger partial charge in [0.25, 0.3) is 0 Å². The zero-order chi connectivity index (χ0) is 20.3. The number of esters is 2. The Hall–Kier alpha value is -1.83. The molecule has 1 rings (SSSR count). The van der Waals surface area contributed by atoms with Gasteiger partial charge in [0.15, 0.2) is 0 Å². The van der Waals surface area contributed by atoms with E-state index in [1.165, 1.54) is 13.5 Å². The third-order valence-corrected chi connectivity index (χ3v) is 4.16. The minimum atomic E-state index is -0.617. The minimum absolute atomic E-state index is 0.0148. The topological polar surface area (TPSA) is 103 Å². The monoisotopic (exact) mass is 386 g/mol. The van der Waals surface area contributed by atoms with Gasteiger partial charge in [-0.1, -0.05) is 6.42 Å². The van der Waals surface area contributed by atoms with Gasteiger partial charge < -0.3 is 24.8 Å². The first-order chi connectivity index (χ1) is 12.7. The Balaban J connectivity index is 2.46. The van der Waals surface area contributed by atoms with Crippen LogP contribution >= 0.6 is 0 Å². The molecule has 1 fully saturated rings. The van der Waals surface area contributed by atoms with Crippen LogP contribution in [0.15, 0.2) is 0 Å². The van der Waals surface area contributed by atoms with E-state index in [0.717, 1.165) is 25.7 Å². The predicted octanol–water partition coefficient (Wildman–Crippen LogP) is 2.30.